The second kappa shape index (κ2) is 10.3. The first-order valence-electron chi connectivity index (χ1n) is 11.0. The number of para-hydroxylation sites is 1. The minimum Gasteiger partial charge on any atom is -0.349 e. The number of hydrogen-bond donors (Lipinski definition) is 2. The van der Waals surface area contributed by atoms with Crippen molar-refractivity contribution in [2.75, 3.05) is 18.4 Å². The topological polar surface area (TPSA) is 61.4 Å². The van der Waals surface area contributed by atoms with Crippen LogP contribution in [-0.2, 0) is 11.2 Å². The van der Waals surface area contributed by atoms with E-state index in [-0.39, 0.29) is 18.0 Å². The van der Waals surface area contributed by atoms with Gasteiger partial charge in [0.1, 0.15) is 0 Å². The molecule has 0 fully saturated rings. The molecule has 30 heavy (non-hydrogen) atoms. The maximum atomic E-state index is 12.9. The molecule has 2 N–H and O–H groups in total. The van der Waals surface area contributed by atoms with E-state index in [1.165, 1.54) is 11.1 Å². The molecule has 0 radical (unpaired) electrons. The number of fused-ring (bicyclic) bond motifs is 1. The van der Waals surface area contributed by atoms with Crippen molar-refractivity contribution >= 4 is 17.6 Å². The van der Waals surface area contributed by atoms with E-state index in [0.29, 0.717) is 19.5 Å². The summed E-state index contributed by atoms with van der Waals surface area (Å²) in [4.78, 5) is 27.2. The quantitative estimate of drug-likeness (QED) is 0.668. The second-order valence-corrected chi connectivity index (χ2v) is 8.15. The molecule has 2 aromatic carbocycles. The number of amides is 3. The summed E-state index contributed by atoms with van der Waals surface area (Å²) in [5, 5.41) is 6.22. The van der Waals surface area contributed by atoms with Crippen molar-refractivity contribution in [3.05, 3.63) is 64.7 Å². The van der Waals surface area contributed by atoms with Gasteiger partial charge in [-0.05, 0) is 61.8 Å². The zero-order chi connectivity index (χ0) is 21.5. The summed E-state index contributed by atoms with van der Waals surface area (Å²) < 4.78 is 0. The average molecular weight is 408 g/mol. The Morgan fingerprint density at radius 2 is 1.77 bits per heavy atom. The summed E-state index contributed by atoms with van der Waals surface area (Å²) in [5.74, 6) is -0.00215. The molecule has 1 atom stereocenters. The summed E-state index contributed by atoms with van der Waals surface area (Å²) >= 11 is 0. The average Bonchev–Trinajstić information content (AvgIpc) is 2.74. The van der Waals surface area contributed by atoms with Crippen LogP contribution in [0, 0.1) is 13.8 Å². The number of nitrogens with one attached hydrogen (secondary N) is 2. The molecule has 1 aliphatic carbocycles. The fraction of sp³-hybridized carbons (Fsp3) is 0.440. The van der Waals surface area contributed by atoms with Gasteiger partial charge in [-0.15, -0.1) is 0 Å². The van der Waals surface area contributed by atoms with Crippen molar-refractivity contribution in [2.24, 2.45) is 0 Å². The first-order valence-corrected chi connectivity index (χ1v) is 11.0. The molecular weight excluding hydrogens is 374 g/mol. The zero-order valence-corrected chi connectivity index (χ0v) is 18.3. The molecule has 1 aliphatic rings. The summed E-state index contributed by atoms with van der Waals surface area (Å²) in [6.07, 6.45) is 4.28. The van der Waals surface area contributed by atoms with E-state index in [9.17, 15) is 9.59 Å². The third kappa shape index (κ3) is 5.41. The molecule has 2 aromatic rings. The third-order valence-corrected chi connectivity index (χ3v) is 5.81. The largest absolute Gasteiger partial charge is 0.349 e. The maximum absolute atomic E-state index is 12.9. The molecule has 0 saturated heterocycles. The van der Waals surface area contributed by atoms with Gasteiger partial charge in [-0.25, -0.2) is 4.79 Å². The number of benzene rings is 2. The normalized spacial score (nSPS) is 15.2. The lowest BCUT2D eigenvalue weighted by Gasteiger charge is -2.27. The SMILES string of the molecule is CCCN(CCC(=O)NC1CCCc2ccccc21)C(=O)Nc1c(C)cccc1C. The molecule has 3 amide bonds. The Morgan fingerprint density at radius 1 is 1.03 bits per heavy atom. The Balaban J connectivity index is 1.58. The van der Waals surface area contributed by atoms with E-state index in [1.54, 1.807) is 4.90 Å². The van der Waals surface area contributed by atoms with E-state index in [4.69, 9.17) is 0 Å². The zero-order valence-electron chi connectivity index (χ0n) is 18.3. The molecule has 1 unspecified atom stereocenters. The number of urea groups is 1. The van der Waals surface area contributed by atoms with Gasteiger partial charge in [-0.3, -0.25) is 4.79 Å². The molecule has 0 bridgehead atoms. The standard InChI is InChI=1S/C25H33N3O2/c1-4-16-28(25(30)27-24-18(2)9-7-10-19(24)3)17-15-23(29)26-22-14-8-12-20-11-5-6-13-21(20)22/h5-7,9-11,13,22H,4,8,12,14-17H2,1-3H3,(H,26,29)(H,27,30). The third-order valence-electron chi connectivity index (χ3n) is 5.81. The molecule has 160 valence electrons. The van der Waals surface area contributed by atoms with Gasteiger partial charge in [-0.1, -0.05) is 49.4 Å². The van der Waals surface area contributed by atoms with E-state index in [2.05, 4.69) is 28.8 Å². The number of aryl methyl sites for hydroxylation is 3. The number of hydrogen-bond acceptors (Lipinski definition) is 2. The van der Waals surface area contributed by atoms with E-state index >= 15 is 0 Å². The number of rotatable bonds is 7. The Kier molecular flexibility index (Phi) is 7.50. The van der Waals surface area contributed by atoms with Crippen molar-refractivity contribution < 1.29 is 9.59 Å². The van der Waals surface area contributed by atoms with Crippen molar-refractivity contribution in [3.63, 3.8) is 0 Å². The summed E-state index contributed by atoms with van der Waals surface area (Å²) in [6, 6.07) is 14.2. The highest BCUT2D eigenvalue weighted by Gasteiger charge is 2.22. The molecule has 0 heterocycles. The number of carbonyl (C=O) groups excluding carboxylic acids is 2. The number of anilines is 1. The van der Waals surface area contributed by atoms with E-state index in [0.717, 1.165) is 42.5 Å². The van der Waals surface area contributed by atoms with Gasteiger partial charge < -0.3 is 15.5 Å². The van der Waals surface area contributed by atoms with Crippen molar-refractivity contribution in [1.29, 1.82) is 0 Å². The predicted molar refractivity (Wildman–Crippen MR) is 122 cm³/mol. The smallest absolute Gasteiger partial charge is 0.321 e. The van der Waals surface area contributed by atoms with Crippen LogP contribution in [0.1, 0.15) is 60.9 Å². The second-order valence-electron chi connectivity index (χ2n) is 8.15. The molecule has 0 aliphatic heterocycles. The Bertz CT molecular complexity index is 873. The van der Waals surface area contributed by atoms with Gasteiger partial charge in [0.2, 0.25) is 5.91 Å². The molecule has 5 nitrogen and oxygen atoms in total. The van der Waals surface area contributed by atoms with Crippen LogP contribution in [0.3, 0.4) is 0 Å². The van der Waals surface area contributed by atoms with Crippen LogP contribution in [0.5, 0.6) is 0 Å². The molecular formula is C25H33N3O2. The lowest BCUT2D eigenvalue weighted by molar-refractivity contribution is -0.122. The maximum Gasteiger partial charge on any atom is 0.321 e. The van der Waals surface area contributed by atoms with Gasteiger partial charge in [0.05, 0.1) is 6.04 Å². The van der Waals surface area contributed by atoms with Gasteiger partial charge in [0, 0.05) is 25.2 Å². The fourth-order valence-electron chi connectivity index (χ4n) is 4.19. The first kappa shape index (κ1) is 21.9. The summed E-state index contributed by atoms with van der Waals surface area (Å²) in [6.45, 7) is 7.05. The van der Waals surface area contributed by atoms with Crippen LogP contribution in [0.2, 0.25) is 0 Å². The molecule has 0 spiro atoms. The number of carbonyl (C=O) groups is 2. The molecule has 0 saturated carbocycles. The monoisotopic (exact) mass is 407 g/mol. The fourth-order valence-corrected chi connectivity index (χ4v) is 4.19. The highest BCUT2D eigenvalue weighted by Crippen LogP contribution is 2.29. The highest BCUT2D eigenvalue weighted by atomic mass is 16.2. The van der Waals surface area contributed by atoms with Crippen molar-refractivity contribution in [1.82, 2.24) is 10.2 Å². The van der Waals surface area contributed by atoms with Gasteiger partial charge in [0.25, 0.3) is 0 Å². The van der Waals surface area contributed by atoms with Gasteiger partial charge >= 0.3 is 6.03 Å². The van der Waals surface area contributed by atoms with Crippen LogP contribution >= 0.6 is 0 Å². The molecule has 3 rings (SSSR count). The van der Waals surface area contributed by atoms with E-state index in [1.807, 2.05) is 45.0 Å². The highest BCUT2D eigenvalue weighted by molar-refractivity contribution is 5.91. The van der Waals surface area contributed by atoms with Crippen LogP contribution in [0.25, 0.3) is 0 Å². The Hall–Kier alpha value is -2.82. The lowest BCUT2D eigenvalue weighted by Crippen LogP contribution is -2.39. The van der Waals surface area contributed by atoms with Crippen molar-refractivity contribution in [3.8, 4) is 0 Å². The van der Waals surface area contributed by atoms with Gasteiger partial charge in [0.15, 0.2) is 0 Å². The predicted octanol–water partition coefficient (Wildman–Crippen LogP) is 5.13. The Morgan fingerprint density at radius 3 is 2.50 bits per heavy atom. The van der Waals surface area contributed by atoms with Crippen LogP contribution in [0.4, 0.5) is 10.5 Å². The first-order chi connectivity index (χ1) is 14.5. The lowest BCUT2D eigenvalue weighted by atomic mass is 9.87. The van der Waals surface area contributed by atoms with Crippen molar-refractivity contribution in [2.45, 2.75) is 58.9 Å². The molecule has 5 heteroatoms. The minimum absolute atomic E-state index is 0.00215. The molecule has 0 aromatic heterocycles. The van der Waals surface area contributed by atoms with Crippen LogP contribution in [0.15, 0.2) is 42.5 Å². The summed E-state index contributed by atoms with van der Waals surface area (Å²) in [7, 11) is 0. The van der Waals surface area contributed by atoms with E-state index < -0.39 is 0 Å². The Labute approximate surface area is 179 Å². The van der Waals surface area contributed by atoms with Crippen LogP contribution in [-0.4, -0.2) is 29.9 Å². The van der Waals surface area contributed by atoms with Gasteiger partial charge in [-0.2, -0.15) is 0 Å². The minimum atomic E-state index is -0.148. The summed E-state index contributed by atoms with van der Waals surface area (Å²) in [5.41, 5.74) is 5.49. The van der Waals surface area contributed by atoms with Crippen LogP contribution < -0.4 is 10.6 Å². The number of nitrogens with zero attached hydrogens (tertiary/aromatic N) is 1.